The molecule has 5 nitrogen and oxygen atoms in total. The second-order valence-corrected chi connectivity index (χ2v) is 4.06. The molecule has 0 fully saturated rings. The number of ether oxygens (including phenoxy) is 1. The van der Waals surface area contributed by atoms with Crippen molar-refractivity contribution in [2.45, 2.75) is 33.2 Å². The Morgan fingerprint density at radius 2 is 1.94 bits per heavy atom. The zero-order valence-corrected chi connectivity index (χ0v) is 10.5. The minimum absolute atomic E-state index is 0.101. The predicted molar refractivity (Wildman–Crippen MR) is 61.9 cm³/mol. The van der Waals surface area contributed by atoms with E-state index in [4.69, 9.17) is 0 Å². The van der Waals surface area contributed by atoms with Crippen LogP contribution in [0, 0.1) is 5.92 Å². The lowest BCUT2D eigenvalue weighted by molar-refractivity contribution is -0.143. The fourth-order valence-corrected chi connectivity index (χ4v) is 1.13. The monoisotopic (exact) mass is 230 g/mol. The molecule has 0 rings (SSSR count). The summed E-state index contributed by atoms with van der Waals surface area (Å²) >= 11 is 0. The third-order valence-corrected chi connectivity index (χ3v) is 2.11. The molecule has 0 heterocycles. The standard InChI is InChI=1S/C11H22N2O3/c1-5-9(11(15)16-4)12-7-10(14)13-6-8(2)3/h8-9,12H,5-7H2,1-4H3,(H,13,14). The fourth-order valence-electron chi connectivity index (χ4n) is 1.13. The number of hydrogen-bond donors (Lipinski definition) is 2. The first kappa shape index (κ1) is 14.9. The maximum absolute atomic E-state index is 11.4. The lowest BCUT2D eigenvalue weighted by Crippen LogP contribution is -2.43. The second kappa shape index (κ2) is 8.10. The summed E-state index contributed by atoms with van der Waals surface area (Å²) in [6.07, 6.45) is 0.601. The molecule has 0 bridgehead atoms. The van der Waals surface area contributed by atoms with E-state index in [9.17, 15) is 9.59 Å². The Kier molecular flexibility index (Phi) is 7.54. The minimum Gasteiger partial charge on any atom is -0.468 e. The number of carbonyl (C=O) groups excluding carboxylic acids is 2. The van der Waals surface area contributed by atoms with Crippen molar-refractivity contribution in [3.05, 3.63) is 0 Å². The highest BCUT2D eigenvalue weighted by atomic mass is 16.5. The van der Waals surface area contributed by atoms with Crippen molar-refractivity contribution >= 4 is 11.9 Å². The molecule has 0 aliphatic rings. The van der Waals surface area contributed by atoms with Crippen LogP contribution in [0.2, 0.25) is 0 Å². The zero-order chi connectivity index (χ0) is 12.6. The van der Waals surface area contributed by atoms with E-state index in [1.54, 1.807) is 0 Å². The van der Waals surface area contributed by atoms with Crippen molar-refractivity contribution in [1.29, 1.82) is 0 Å². The molecule has 0 spiro atoms. The summed E-state index contributed by atoms with van der Waals surface area (Å²) < 4.78 is 4.60. The quantitative estimate of drug-likeness (QED) is 0.617. The van der Waals surface area contributed by atoms with Gasteiger partial charge >= 0.3 is 5.97 Å². The van der Waals surface area contributed by atoms with E-state index in [1.807, 2.05) is 20.8 Å². The van der Waals surface area contributed by atoms with Crippen LogP contribution in [0.25, 0.3) is 0 Å². The van der Waals surface area contributed by atoms with Gasteiger partial charge in [0.15, 0.2) is 0 Å². The summed E-state index contributed by atoms with van der Waals surface area (Å²) in [5.74, 6) is -0.0123. The first-order chi connectivity index (χ1) is 7.51. The summed E-state index contributed by atoms with van der Waals surface area (Å²) in [5.41, 5.74) is 0. The molecule has 1 unspecified atom stereocenters. The zero-order valence-electron chi connectivity index (χ0n) is 10.5. The Bertz CT molecular complexity index is 229. The fraction of sp³-hybridized carbons (Fsp3) is 0.818. The van der Waals surface area contributed by atoms with Crippen molar-refractivity contribution < 1.29 is 14.3 Å². The van der Waals surface area contributed by atoms with Crippen molar-refractivity contribution in [3.8, 4) is 0 Å². The van der Waals surface area contributed by atoms with Crippen LogP contribution in [0.3, 0.4) is 0 Å². The van der Waals surface area contributed by atoms with Crippen molar-refractivity contribution in [2.24, 2.45) is 5.92 Å². The van der Waals surface area contributed by atoms with E-state index >= 15 is 0 Å². The van der Waals surface area contributed by atoms with E-state index < -0.39 is 6.04 Å². The molecule has 1 amide bonds. The van der Waals surface area contributed by atoms with Gasteiger partial charge in [-0.2, -0.15) is 0 Å². The number of nitrogens with one attached hydrogen (secondary N) is 2. The number of hydrogen-bond acceptors (Lipinski definition) is 4. The molecule has 94 valence electrons. The van der Waals surface area contributed by atoms with Gasteiger partial charge in [0.05, 0.1) is 13.7 Å². The van der Waals surface area contributed by atoms with Crippen molar-refractivity contribution in [3.63, 3.8) is 0 Å². The average Bonchev–Trinajstić information content (AvgIpc) is 2.26. The molecule has 0 aliphatic carbocycles. The van der Waals surface area contributed by atoms with Crippen molar-refractivity contribution in [2.75, 3.05) is 20.2 Å². The maximum atomic E-state index is 11.4. The molecule has 0 saturated carbocycles. The van der Waals surface area contributed by atoms with Gasteiger partial charge in [0.25, 0.3) is 0 Å². The van der Waals surface area contributed by atoms with Gasteiger partial charge in [-0.1, -0.05) is 20.8 Å². The highest BCUT2D eigenvalue weighted by molar-refractivity contribution is 5.80. The van der Waals surface area contributed by atoms with Gasteiger partial charge in [0.2, 0.25) is 5.91 Å². The topological polar surface area (TPSA) is 67.4 Å². The smallest absolute Gasteiger partial charge is 0.322 e. The third kappa shape index (κ3) is 6.40. The Hall–Kier alpha value is -1.10. The Morgan fingerprint density at radius 3 is 2.38 bits per heavy atom. The number of rotatable bonds is 7. The molecule has 16 heavy (non-hydrogen) atoms. The molecule has 2 N–H and O–H groups in total. The van der Waals surface area contributed by atoms with E-state index in [1.165, 1.54) is 7.11 Å². The van der Waals surface area contributed by atoms with Gasteiger partial charge in [-0.3, -0.25) is 14.9 Å². The van der Waals surface area contributed by atoms with Gasteiger partial charge in [-0.25, -0.2) is 0 Å². The number of amides is 1. The van der Waals surface area contributed by atoms with Crippen LogP contribution in [0.15, 0.2) is 0 Å². The minimum atomic E-state index is -0.408. The summed E-state index contributed by atoms with van der Waals surface area (Å²) in [6.45, 7) is 6.70. The van der Waals surface area contributed by atoms with Crippen molar-refractivity contribution in [1.82, 2.24) is 10.6 Å². The molecule has 0 radical (unpaired) electrons. The van der Waals surface area contributed by atoms with Crippen LogP contribution in [-0.4, -0.2) is 38.1 Å². The van der Waals surface area contributed by atoms with Gasteiger partial charge in [0, 0.05) is 6.54 Å². The molecular formula is C11H22N2O3. The predicted octanol–water partition coefficient (Wildman–Crippen LogP) is 0.300. The van der Waals surface area contributed by atoms with Crippen LogP contribution in [0.1, 0.15) is 27.2 Å². The summed E-state index contributed by atoms with van der Waals surface area (Å²) in [4.78, 5) is 22.6. The summed E-state index contributed by atoms with van der Waals surface area (Å²) in [5, 5.41) is 5.62. The van der Waals surface area contributed by atoms with E-state index in [-0.39, 0.29) is 18.4 Å². The summed E-state index contributed by atoms with van der Waals surface area (Å²) in [6, 6.07) is -0.408. The maximum Gasteiger partial charge on any atom is 0.322 e. The normalized spacial score (nSPS) is 12.3. The van der Waals surface area contributed by atoms with Gasteiger partial charge in [-0.15, -0.1) is 0 Å². The molecule has 1 atom stereocenters. The third-order valence-electron chi connectivity index (χ3n) is 2.11. The van der Waals surface area contributed by atoms with E-state index in [0.29, 0.717) is 18.9 Å². The number of methoxy groups -OCH3 is 1. The Morgan fingerprint density at radius 1 is 1.31 bits per heavy atom. The van der Waals surface area contributed by atoms with Gasteiger partial charge < -0.3 is 10.1 Å². The van der Waals surface area contributed by atoms with Crippen LogP contribution < -0.4 is 10.6 Å². The van der Waals surface area contributed by atoms with E-state index in [2.05, 4.69) is 15.4 Å². The van der Waals surface area contributed by atoms with Crippen LogP contribution in [0.5, 0.6) is 0 Å². The van der Waals surface area contributed by atoms with Gasteiger partial charge in [0.1, 0.15) is 6.04 Å². The summed E-state index contributed by atoms with van der Waals surface area (Å²) in [7, 11) is 1.34. The molecule has 0 aromatic heterocycles. The molecule has 0 aliphatic heterocycles. The highest BCUT2D eigenvalue weighted by Crippen LogP contribution is 1.93. The van der Waals surface area contributed by atoms with Crippen LogP contribution >= 0.6 is 0 Å². The Balaban J connectivity index is 3.84. The SMILES string of the molecule is CCC(NCC(=O)NCC(C)C)C(=O)OC. The number of carbonyl (C=O) groups is 2. The largest absolute Gasteiger partial charge is 0.468 e. The molecule has 0 aromatic carbocycles. The average molecular weight is 230 g/mol. The Labute approximate surface area is 96.9 Å². The molecule has 0 aromatic rings. The first-order valence-electron chi connectivity index (χ1n) is 5.59. The number of esters is 1. The molecular weight excluding hydrogens is 208 g/mol. The second-order valence-electron chi connectivity index (χ2n) is 4.06. The lowest BCUT2D eigenvalue weighted by Gasteiger charge is -2.14. The van der Waals surface area contributed by atoms with E-state index in [0.717, 1.165) is 0 Å². The molecule has 5 heteroatoms. The first-order valence-corrected chi connectivity index (χ1v) is 5.59. The van der Waals surface area contributed by atoms with Crippen LogP contribution in [0.4, 0.5) is 0 Å². The van der Waals surface area contributed by atoms with Crippen LogP contribution in [-0.2, 0) is 14.3 Å². The van der Waals surface area contributed by atoms with Gasteiger partial charge in [-0.05, 0) is 12.3 Å². The highest BCUT2D eigenvalue weighted by Gasteiger charge is 2.16. The molecule has 0 saturated heterocycles. The lowest BCUT2D eigenvalue weighted by atomic mass is 10.2.